The average Bonchev–Trinajstić information content (AvgIpc) is 2.94. The fraction of sp³-hybridized carbons (Fsp3) is 0.438. The van der Waals surface area contributed by atoms with Crippen LogP contribution in [-0.4, -0.2) is 29.9 Å². The molecule has 0 aromatic heterocycles. The second-order valence-electron chi connectivity index (χ2n) is 5.18. The van der Waals surface area contributed by atoms with Gasteiger partial charge in [-0.05, 0) is 43.6 Å². The van der Waals surface area contributed by atoms with Crippen molar-refractivity contribution in [2.24, 2.45) is 5.73 Å². The van der Waals surface area contributed by atoms with Crippen molar-refractivity contribution in [3.05, 3.63) is 29.8 Å². The first kappa shape index (κ1) is 14.6. The summed E-state index contributed by atoms with van der Waals surface area (Å²) in [5.74, 6) is 2.15. The van der Waals surface area contributed by atoms with Crippen LogP contribution in [0.15, 0.2) is 24.3 Å². The maximum atomic E-state index is 11.7. The molecule has 3 N–H and O–H groups in total. The summed E-state index contributed by atoms with van der Waals surface area (Å²) < 4.78 is 0. The van der Waals surface area contributed by atoms with E-state index < -0.39 is 6.04 Å². The smallest absolute Gasteiger partial charge is 0.242 e. The van der Waals surface area contributed by atoms with Crippen LogP contribution in [-0.2, 0) is 11.3 Å². The van der Waals surface area contributed by atoms with Crippen LogP contribution in [0.4, 0.5) is 5.69 Å². The molecule has 0 radical (unpaired) electrons. The van der Waals surface area contributed by atoms with E-state index in [1.54, 1.807) is 0 Å². The third kappa shape index (κ3) is 4.09. The van der Waals surface area contributed by atoms with Crippen LogP contribution in [0.25, 0.3) is 0 Å². The van der Waals surface area contributed by atoms with Crippen LogP contribution in [0.5, 0.6) is 0 Å². The molecule has 1 aliphatic rings. The number of rotatable bonds is 5. The standard InChI is InChI=1S/C16H21N3O/c1-2-5-15(17)16(20)18-14-8-6-13(7-9-14)12-19-10-3-4-11-19/h1,6-9,15H,3-5,10-12,17H2,(H,18,20). The Labute approximate surface area is 120 Å². The van der Waals surface area contributed by atoms with Gasteiger partial charge in [0.15, 0.2) is 0 Å². The number of hydrogen-bond acceptors (Lipinski definition) is 3. The van der Waals surface area contributed by atoms with Crippen LogP contribution >= 0.6 is 0 Å². The van der Waals surface area contributed by atoms with E-state index in [4.69, 9.17) is 12.2 Å². The van der Waals surface area contributed by atoms with E-state index in [2.05, 4.69) is 16.1 Å². The Kier molecular flexibility index (Phi) is 5.16. The highest BCUT2D eigenvalue weighted by Gasteiger charge is 2.13. The third-order valence-electron chi connectivity index (χ3n) is 3.50. The van der Waals surface area contributed by atoms with E-state index in [9.17, 15) is 4.79 Å². The number of carbonyl (C=O) groups is 1. The molecule has 1 aliphatic heterocycles. The van der Waals surface area contributed by atoms with Crippen LogP contribution in [0.1, 0.15) is 24.8 Å². The molecule has 1 fully saturated rings. The van der Waals surface area contributed by atoms with E-state index in [0.717, 1.165) is 12.2 Å². The molecule has 0 spiro atoms. The minimum Gasteiger partial charge on any atom is -0.325 e. The van der Waals surface area contributed by atoms with E-state index in [1.165, 1.54) is 31.5 Å². The van der Waals surface area contributed by atoms with Gasteiger partial charge in [-0.25, -0.2) is 0 Å². The fourth-order valence-corrected chi connectivity index (χ4v) is 2.35. The minimum atomic E-state index is -0.649. The molecule has 1 aromatic rings. The Morgan fingerprint density at radius 1 is 1.35 bits per heavy atom. The Bertz CT molecular complexity index is 483. The lowest BCUT2D eigenvalue weighted by Crippen LogP contribution is -2.35. The van der Waals surface area contributed by atoms with Crippen molar-refractivity contribution >= 4 is 11.6 Å². The Hall–Kier alpha value is -1.83. The second-order valence-corrected chi connectivity index (χ2v) is 5.18. The monoisotopic (exact) mass is 271 g/mol. The van der Waals surface area contributed by atoms with Crippen molar-refractivity contribution in [2.45, 2.75) is 31.8 Å². The lowest BCUT2D eigenvalue weighted by Gasteiger charge is -2.15. The molecule has 1 amide bonds. The summed E-state index contributed by atoms with van der Waals surface area (Å²) in [6.07, 6.45) is 7.98. The fourth-order valence-electron chi connectivity index (χ4n) is 2.35. The predicted octanol–water partition coefficient (Wildman–Crippen LogP) is 1.57. The molecule has 0 saturated carbocycles. The van der Waals surface area contributed by atoms with E-state index >= 15 is 0 Å². The van der Waals surface area contributed by atoms with Crippen LogP contribution < -0.4 is 11.1 Å². The number of anilines is 1. The molecule has 20 heavy (non-hydrogen) atoms. The summed E-state index contributed by atoms with van der Waals surface area (Å²) in [5.41, 5.74) is 7.67. The maximum absolute atomic E-state index is 11.7. The lowest BCUT2D eigenvalue weighted by atomic mass is 10.1. The van der Waals surface area contributed by atoms with Crippen LogP contribution in [0, 0.1) is 12.3 Å². The van der Waals surface area contributed by atoms with Gasteiger partial charge < -0.3 is 11.1 Å². The zero-order chi connectivity index (χ0) is 14.4. The third-order valence-corrected chi connectivity index (χ3v) is 3.50. The van der Waals surface area contributed by atoms with Crippen LogP contribution in [0.2, 0.25) is 0 Å². The maximum Gasteiger partial charge on any atom is 0.242 e. The van der Waals surface area contributed by atoms with E-state index in [-0.39, 0.29) is 12.3 Å². The summed E-state index contributed by atoms with van der Waals surface area (Å²) in [4.78, 5) is 14.2. The normalized spacial score (nSPS) is 16.6. The number of benzene rings is 1. The Morgan fingerprint density at radius 2 is 2.00 bits per heavy atom. The van der Waals surface area contributed by atoms with Gasteiger partial charge in [-0.1, -0.05) is 12.1 Å². The highest BCUT2D eigenvalue weighted by molar-refractivity contribution is 5.94. The van der Waals surface area contributed by atoms with Crippen molar-refractivity contribution in [1.82, 2.24) is 4.90 Å². The van der Waals surface area contributed by atoms with Crippen molar-refractivity contribution in [2.75, 3.05) is 18.4 Å². The Morgan fingerprint density at radius 3 is 2.60 bits per heavy atom. The lowest BCUT2D eigenvalue weighted by molar-refractivity contribution is -0.117. The zero-order valence-electron chi connectivity index (χ0n) is 11.6. The first-order valence-corrected chi connectivity index (χ1v) is 7.00. The van der Waals surface area contributed by atoms with Crippen molar-refractivity contribution in [3.63, 3.8) is 0 Å². The highest BCUT2D eigenvalue weighted by atomic mass is 16.2. The molecule has 4 heteroatoms. The van der Waals surface area contributed by atoms with Gasteiger partial charge in [0.05, 0.1) is 6.04 Å². The summed E-state index contributed by atoms with van der Waals surface area (Å²) >= 11 is 0. The topological polar surface area (TPSA) is 58.4 Å². The number of amides is 1. The van der Waals surface area contributed by atoms with Gasteiger partial charge in [0.2, 0.25) is 5.91 Å². The number of likely N-dealkylation sites (tertiary alicyclic amines) is 1. The highest BCUT2D eigenvalue weighted by Crippen LogP contribution is 2.15. The number of carbonyl (C=O) groups excluding carboxylic acids is 1. The molecule has 1 heterocycles. The van der Waals surface area contributed by atoms with Gasteiger partial charge in [-0.2, -0.15) is 0 Å². The van der Waals surface area contributed by atoms with Crippen molar-refractivity contribution in [3.8, 4) is 12.3 Å². The second kappa shape index (κ2) is 7.09. The molecule has 1 atom stereocenters. The molecule has 0 bridgehead atoms. The summed E-state index contributed by atoms with van der Waals surface area (Å²) in [7, 11) is 0. The molecule has 1 unspecified atom stereocenters. The summed E-state index contributed by atoms with van der Waals surface area (Å²) in [6.45, 7) is 3.34. The zero-order valence-corrected chi connectivity index (χ0v) is 11.6. The molecule has 2 rings (SSSR count). The van der Waals surface area contributed by atoms with Crippen LogP contribution in [0.3, 0.4) is 0 Å². The van der Waals surface area contributed by atoms with Crippen molar-refractivity contribution < 1.29 is 4.79 Å². The molecular formula is C16H21N3O. The predicted molar refractivity (Wildman–Crippen MR) is 81.0 cm³/mol. The quantitative estimate of drug-likeness (QED) is 0.799. The molecule has 106 valence electrons. The molecule has 0 aliphatic carbocycles. The number of nitrogens with two attached hydrogens (primary N) is 1. The molecule has 4 nitrogen and oxygen atoms in total. The number of terminal acetylenes is 1. The number of nitrogens with one attached hydrogen (secondary N) is 1. The average molecular weight is 271 g/mol. The molecule has 1 saturated heterocycles. The van der Waals surface area contributed by atoms with E-state index in [0.29, 0.717) is 0 Å². The number of hydrogen-bond donors (Lipinski definition) is 2. The van der Waals surface area contributed by atoms with Crippen molar-refractivity contribution in [1.29, 1.82) is 0 Å². The van der Waals surface area contributed by atoms with Gasteiger partial charge >= 0.3 is 0 Å². The van der Waals surface area contributed by atoms with Gasteiger partial charge in [0, 0.05) is 18.7 Å². The minimum absolute atomic E-state index is 0.241. The van der Waals surface area contributed by atoms with Gasteiger partial charge in [-0.15, -0.1) is 12.3 Å². The molecule has 1 aromatic carbocycles. The first-order chi connectivity index (χ1) is 9.69. The SMILES string of the molecule is C#CCC(N)C(=O)Nc1ccc(CN2CCCC2)cc1. The summed E-state index contributed by atoms with van der Waals surface area (Å²) in [6, 6.07) is 7.25. The van der Waals surface area contributed by atoms with Gasteiger partial charge in [0.1, 0.15) is 0 Å². The van der Waals surface area contributed by atoms with E-state index in [1.807, 2.05) is 24.3 Å². The first-order valence-electron chi connectivity index (χ1n) is 7.00. The number of nitrogens with zero attached hydrogens (tertiary/aromatic N) is 1. The van der Waals surface area contributed by atoms with Gasteiger partial charge in [0.25, 0.3) is 0 Å². The molecular weight excluding hydrogens is 250 g/mol. The Balaban J connectivity index is 1.87. The largest absolute Gasteiger partial charge is 0.325 e. The summed E-state index contributed by atoms with van der Waals surface area (Å²) in [5, 5.41) is 2.77. The van der Waals surface area contributed by atoms with Gasteiger partial charge in [-0.3, -0.25) is 9.69 Å².